The van der Waals surface area contributed by atoms with Gasteiger partial charge < -0.3 is 5.11 Å². The minimum absolute atomic E-state index is 0.0925. The Labute approximate surface area is 112 Å². The molecular weight excluding hydrogens is 270 g/mol. The minimum Gasteiger partial charge on any atom is -0.374 e. The van der Waals surface area contributed by atoms with Crippen LogP contribution < -0.4 is 10.8 Å². The first-order valence-corrected chi connectivity index (χ1v) is 5.78. The predicted octanol–water partition coefficient (Wildman–Crippen LogP) is 1.32. The van der Waals surface area contributed by atoms with Gasteiger partial charge in [-0.25, -0.2) is 18.7 Å². The third-order valence-electron chi connectivity index (χ3n) is 3.05. The Morgan fingerprint density at radius 1 is 1.25 bits per heavy atom. The van der Waals surface area contributed by atoms with Crippen molar-refractivity contribution in [1.29, 1.82) is 0 Å². The maximum Gasteiger partial charge on any atom is 0.167 e. The number of halogens is 2. The average Bonchev–Trinajstić information content (AvgIpc) is 2.79. The molecule has 0 saturated heterocycles. The van der Waals surface area contributed by atoms with E-state index in [1.54, 1.807) is 0 Å². The van der Waals surface area contributed by atoms with Crippen molar-refractivity contribution in [1.82, 2.24) is 15.3 Å². The van der Waals surface area contributed by atoms with E-state index in [-0.39, 0.29) is 29.3 Å². The lowest BCUT2D eigenvalue weighted by atomic mass is 10.1. The van der Waals surface area contributed by atoms with Gasteiger partial charge in [-0.2, -0.15) is 0 Å². The molecule has 1 aliphatic rings. The van der Waals surface area contributed by atoms with Crippen LogP contribution in [0.15, 0.2) is 18.2 Å². The summed E-state index contributed by atoms with van der Waals surface area (Å²) in [5.74, 6) is -1.90. The third kappa shape index (κ3) is 1.90. The molecule has 1 aromatic carbocycles. The summed E-state index contributed by atoms with van der Waals surface area (Å²) in [7, 11) is 0. The smallest absolute Gasteiger partial charge is 0.167 e. The van der Waals surface area contributed by atoms with E-state index in [2.05, 4.69) is 15.3 Å². The first-order chi connectivity index (χ1) is 9.61. The summed E-state index contributed by atoms with van der Waals surface area (Å²) >= 11 is 0. The van der Waals surface area contributed by atoms with Crippen LogP contribution in [-0.4, -0.2) is 20.3 Å². The van der Waals surface area contributed by atoms with Crippen molar-refractivity contribution in [3.63, 3.8) is 0 Å². The fourth-order valence-corrected chi connectivity index (χ4v) is 2.14. The number of aromatic nitrogens is 2. The quantitative estimate of drug-likeness (QED) is 0.620. The summed E-state index contributed by atoms with van der Waals surface area (Å²) in [5.41, 5.74) is 2.05. The highest BCUT2D eigenvalue weighted by atomic mass is 19.1. The van der Waals surface area contributed by atoms with Crippen molar-refractivity contribution in [2.24, 2.45) is 0 Å². The van der Waals surface area contributed by atoms with Gasteiger partial charge in [0.15, 0.2) is 11.6 Å². The SMILES string of the molecule is ONc1nc(-c2c(F)cccc2F)nc2c1C(O)NC2. The average molecular weight is 280 g/mol. The van der Waals surface area contributed by atoms with E-state index in [1.807, 2.05) is 5.48 Å². The van der Waals surface area contributed by atoms with Gasteiger partial charge in [-0.05, 0) is 12.1 Å². The number of hydrogen-bond donors (Lipinski definition) is 4. The highest BCUT2D eigenvalue weighted by Crippen LogP contribution is 2.31. The monoisotopic (exact) mass is 280 g/mol. The molecule has 1 atom stereocenters. The summed E-state index contributed by atoms with van der Waals surface area (Å²) in [6.45, 7) is 0.205. The van der Waals surface area contributed by atoms with Crippen molar-refractivity contribution in [3.8, 4) is 11.4 Å². The van der Waals surface area contributed by atoms with E-state index in [4.69, 9.17) is 5.21 Å². The van der Waals surface area contributed by atoms with Crippen LogP contribution in [0.2, 0.25) is 0 Å². The zero-order chi connectivity index (χ0) is 14.3. The molecular formula is C12H10F2N4O2. The maximum atomic E-state index is 13.7. The Kier molecular flexibility index (Phi) is 3.05. The van der Waals surface area contributed by atoms with Crippen LogP contribution >= 0.6 is 0 Å². The van der Waals surface area contributed by atoms with Crippen LogP contribution in [0.1, 0.15) is 17.5 Å². The standard InChI is InChI=1S/C12H10F2N4O2/c13-5-2-1-3-6(14)8(5)10-16-7-4-15-12(19)9(7)11(17-10)18-20/h1-3,12,15,19-20H,4H2,(H,16,17,18). The second-order valence-electron chi connectivity index (χ2n) is 4.25. The summed E-state index contributed by atoms with van der Waals surface area (Å²) in [6.07, 6.45) is -1.04. The lowest BCUT2D eigenvalue weighted by Gasteiger charge is -2.11. The summed E-state index contributed by atoms with van der Waals surface area (Å²) < 4.78 is 27.5. The molecule has 0 amide bonds. The minimum atomic E-state index is -1.04. The van der Waals surface area contributed by atoms with Crippen LogP contribution in [0.25, 0.3) is 11.4 Å². The van der Waals surface area contributed by atoms with Gasteiger partial charge >= 0.3 is 0 Å². The van der Waals surface area contributed by atoms with Gasteiger partial charge in [-0.3, -0.25) is 16.0 Å². The number of nitrogens with one attached hydrogen (secondary N) is 2. The molecule has 0 fully saturated rings. The lowest BCUT2D eigenvalue weighted by Crippen LogP contribution is -2.12. The van der Waals surface area contributed by atoms with Crippen LogP contribution in [0.3, 0.4) is 0 Å². The first kappa shape index (κ1) is 12.9. The zero-order valence-corrected chi connectivity index (χ0v) is 10.1. The summed E-state index contributed by atoms with van der Waals surface area (Å²) in [4.78, 5) is 7.89. The second kappa shape index (κ2) is 4.75. The number of aliphatic hydroxyl groups excluding tert-OH is 1. The summed E-state index contributed by atoms with van der Waals surface area (Å²) in [5, 5.41) is 21.4. The fourth-order valence-electron chi connectivity index (χ4n) is 2.14. The van der Waals surface area contributed by atoms with E-state index < -0.39 is 17.9 Å². The number of nitrogens with zero attached hydrogens (tertiary/aromatic N) is 2. The Morgan fingerprint density at radius 2 is 1.95 bits per heavy atom. The van der Waals surface area contributed by atoms with Gasteiger partial charge in [0.1, 0.15) is 17.9 Å². The number of rotatable bonds is 2. The molecule has 0 spiro atoms. The van der Waals surface area contributed by atoms with E-state index in [9.17, 15) is 13.9 Å². The van der Waals surface area contributed by atoms with E-state index >= 15 is 0 Å². The van der Waals surface area contributed by atoms with E-state index in [0.29, 0.717) is 5.69 Å². The van der Waals surface area contributed by atoms with E-state index in [0.717, 1.165) is 12.1 Å². The molecule has 3 rings (SSSR count). The van der Waals surface area contributed by atoms with Crippen molar-refractivity contribution in [3.05, 3.63) is 41.1 Å². The molecule has 0 aliphatic carbocycles. The molecule has 8 heteroatoms. The molecule has 2 heterocycles. The molecule has 4 N–H and O–H groups in total. The number of benzene rings is 1. The van der Waals surface area contributed by atoms with Crippen molar-refractivity contribution < 1.29 is 19.1 Å². The first-order valence-electron chi connectivity index (χ1n) is 5.78. The molecule has 2 aromatic rings. The molecule has 104 valence electrons. The van der Waals surface area contributed by atoms with E-state index in [1.165, 1.54) is 6.07 Å². The lowest BCUT2D eigenvalue weighted by molar-refractivity contribution is 0.151. The second-order valence-corrected chi connectivity index (χ2v) is 4.25. The Hall–Kier alpha value is -2.16. The Morgan fingerprint density at radius 3 is 2.60 bits per heavy atom. The van der Waals surface area contributed by atoms with Crippen molar-refractivity contribution >= 4 is 5.82 Å². The Balaban J connectivity index is 2.22. The molecule has 0 radical (unpaired) electrons. The molecule has 1 aliphatic heterocycles. The highest BCUT2D eigenvalue weighted by Gasteiger charge is 2.28. The molecule has 1 unspecified atom stereocenters. The van der Waals surface area contributed by atoms with Crippen LogP contribution in [0.4, 0.5) is 14.6 Å². The maximum absolute atomic E-state index is 13.7. The largest absolute Gasteiger partial charge is 0.374 e. The third-order valence-corrected chi connectivity index (χ3v) is 3.05. The van der Waals surface area contributed by atoms with Gasteiger partial charge in [0.25, 0.3) is 0 Å². The normalized spacial score (nSPS) is 17.1. The van der Waals surface area contributed by atoms with Crippen LogP contribution in [0.5, 0.6) is 0 Å². The molecule has 0 bridgehead atoms. The summed E-state index contributed by atoms with van der Waals surface area (Å²) in [6, 6.07) is 3.42. The number of anilines is 1. The number of fused-ring (bicyclic) bond motifs is 1. The Bertz CT molecular complexity index is 660. The van der Waals surface area contributed by atoms with Crippen molar-refractivity contribution in [2.45, 2.75) is 12.8 Å². The fraction of sp³-hybridized carbons (Fsp3) is 0.167. The molecule has 1 aromatic heterocycles. The number of aliphatic hydroxyl groups is 1. The molecule has 0 saturated carbocycles. The topological polar surface area (TPSA) is 90.3 Å². The van der Waals surface area contributed by atoms with Gasteiger partial charge in [-0.15, -0.1) is 0 Å². The zero-order valence-electron chi connectivity index (χ0n) is 10.1. The van der Waals surface area contributed by atoms with Gasteiger partial charge in [0.2, 0.25) is 0 Å². The predicted molar refractivity (Wildman–Crippen MR) is 64.6 cm³/mol. The molecule has 20 heavy (non-hydrogen) atoms. The van der Waals surface area contributed by atoms with Crippen LogP contribution in [0, 0.1) is 11.6 Å². The van der Waals surface area contributed by atoms with Crippen molar-refractivity contribution in [2.75, 3.05) is 5.48 Å². The van der Waals surface area contributed by atoms with Gasteiger partial charge in [0.05, 0.1) is 16.8 Å². The number of hydrogen-bond acceptors (Lipinski definition) is 6. The highest BCUT2D eigenvalue weighted by molar-refractivity contribution is 5.61. The van der Waals surface area contributed by atoms with Gasteiger partial charge in [0, 0.05) is 6.54 Å². The molecule has 6 nitrogen and oxygen atoms in total. The van der Waals surface area contributed by atoms with Crippen LogP contribution in [-0.2, 0) is 6.54 Å². The van der Waals surface area contributed by atoms with Gasteiger partial charge in [-0.1, -0.05) is 6.07 Å².